The monoisotopic (exact) mass is 341 g/mol. The molecule has 0 unspecified atom stereocenters. The molecule has 6 heteroatoms. The lowest BCUT2D eigenvalue weighted by Crippen LogP contribution is -2.12. The van der Waals surface area contributed by atoms with Crippen molar-refractivity contribution >= 4 is 37.6 Å². The number of halogens is 1. The molecule has 24 heavy (non-hydrogen) atoms. The van der Waals surface area contributed by atoms with Gasteiger partial charge in [-0.15, -0.1) is 0 Å². The number of hydrogen-bond donors (Lipinski definition) is 1. The normalized spacial score (nSPS) is 11.9. The van der Waals surface area contributed by atoms with Crippen LogP contribution < -0.4 is 4.72 Å². The Kier molecular flexibility index (Phi) is 3.28. The van der Waals surface area contributed by atoms with Crippen molar-refractivity contribution in [3.63, 3.8) is 0 Å². The number of nitrogens with one attached hydrogen (secondary N) is 1. The van der Waals surface area contributed by atoms with Gasteiger partial charge in [0.1, 0.15) is 17.0 Å². The summed E-state index contributed by atoms with van der Waals surface area (Å²) in [5.41, 5.74) is 1.72. The van der Waals surface area contributed by atoms with Gasteiger partial charge in [-0.25, -0.2) is 12.8 Å². The Morgan fingerprint density at radius 2 is 1.54 bits per heavy atom. The quantitative estimate of drug-likeness (QED) is 0.596. The third kappa shape index (κ3) is 2.51. The number of hydrogen-bond acceptors (Lipinski definition) is 3. The van der Waals surface area contributed by atoms with Crippen molar-refractivity contribution in [3.05, 3.63) is 72.5 Å². The Balaban J connectivity index is 1.74. The lowest BCUT2D eigenvalue weighted by atomic mass is 10.1. The predicted octanol–water partition coefficient (Wildman–Crippen LogP) is 4.53. The van der Waals surface area contributed by atoms with Crippen LogP contribution in [0.4, 0.5) is 10.1 Å². The summed E-state index contributed by atoms with van der Waals surface area (Å²) in [6, 6.07) is 17.4. The predicted molar refractivity (Wildman–Crippen MR) is 90.9 cm³/mol. The third-order valence-corrected chi connectivity index (χ3v) is 5.15. The molecule has 0 aliphatic rings. The largest absolute Gasteiger partial charge is 0.456 e. The minimum atomic E-state index is -3.79. The molecule has 0 saturated heterocycles. The van der Waals surface area contributed by atoms with Gasteiger partial charge in [0.25, 0.3) is 10.0 Å². The van der Waals surface area contributed by atoms with Gasteiger partial charge in [0.2, 0.25) is 0 Å². The summed E-state index contributed by atoms with van der Waals surface area (Å²) >= 11 is 0. The van der Waals surface area contributed by atoms with E-state index in [0.717, 1.165) is 28.5 Å². The standard InChI is InChI=1S/C18H12FNO3S/c19-12-5-8-14(9-6-12)24(21,22)20-13-7-10-16-15-3-1-2-4-17(15)23-18(16)11-13/h1-11,20H. The van der Waals surface area contributed by atoms with Gasteiger partial charge in [-0.3, -0.25) is 4.72 Å². The highest BCUT2D eigenvalue weighted by Crippen LogP contribution is 2.30. The summed E-state index contributed by atoms with van der Waals surface area (Å²) in [5, 5.41) is 1.88. The highest BCUT2D eigenvalue weighted by molar-refractivity contribution is 7.92. The number of para-hydroxylation sites is 1. The first-order chi connectivity index (χ1) is 11.5. The van der Waals surface area contributed by atoms with E-state index >= 15 is 0 Å². The highest BCUT2D eigenvalue weighted by atomic mass is 32.2. The average Bonchev–Trinajstić information content (AvgIpc) is 2.92. The molecule has 4 rings (SSSR count). The van der Waals surface area contributed by atoms with E-state index in [9.17, 15) is 12.8 Å². The molecule has 4 nitrogen and oxygen atoms in total. The molecule has 0 aliphatic carbocycles. The van der Waals surface area contributed by atoms with Crippen molar-refractivity contribution < 1.29 is 17.2 Å². The van der Waals surface area contributed by atoms with Crippen molar-refractivity contribution in [2.45, 2.75) is 4.90 Å². The van der Waals surface area contributed by atoms with Gasteiger partial charge >= 0.3 is 0 Å². The van der Waals surface area contributed by atoms with Crippen LogP contribution in [0, 0.1) is 5.82 Å². The zero-order valence-corrected chi connectivity index (χ0v) is 13.2. The Morgan fingerprint density at radius 1 is 0.833 bits per heavy atom. The lowest BCUT2D eigenvalue weighted by molar-refractivity contribution is 0.599. The summed E-state index contributed by atoms with van der Waals surface area (Å²) in [5.74, 6) is -0.488. The van der Waals surface area contributed by atoms with E-state index in [-0.39, 0.29) is 4.90 Å². The van der Waals surface area contributed by atoms with E-state index in [4.69, 9.17) is 4.42 Å². The highest BCUT2D eigenvalue weighted by Gasteiger charge is 2.15. The SMILES string of the molecule is O=S(=O)(Nc1ccc2c(c1)oc1ccccc12)c1ccc(F)cc1. The van der Waals surface area contributed by atoms with Gasteiger partial charge in [0.15, 0.2) is 0 Å². The smallest absolute Gasteiger partial charge is 0.261 e. The average molecular weight is 341 g/mol. The van der Waals surface area contributed by atoms with Crippen LogP contribution in [0.5, 0.6) is 0 Å². The van der Waals surface area contributed by atoms with Crippen LogP contribution in [-0.2, 0) is 10.0 Å². The molecule has 0 saturated carbocycles. The van der Waals surface area contributed by atoms with Crippen LogP contribution in [-0.4, -0.2) is 8.42 Å². The summed E-state index contributed by atoms with van der Waals surface area (Å²) in [7, 11) is -3.79. The number of sulfonamides is 1. The molecule has 0 radical (unpaired) electrons. The molecule has 3 aromatic carbocycles. The molecule has 0 fully saturated rings. The molecular weight excluding hydrogens is 329 g/mol. The van der Waals surface area contributed by atoms with Gasteiger partial charge in [-0.05, 0) is 42.5 Å². The molecule has 0 bridgehead atoms. The zero-order chi connectivity index (χ0) is 16.7. The van der Waals surface area contributed by atoms with Crippen LogP contribution in [0.1, 0.15) is 0 Å². The van der Waals surface area contributed by atoms with Crippen molar-refractivity contribution in [1.82, 2.24) is 0 Å². The van der Waals surface area contributed by atoms with Crippen molar-refractivity contribution in [3.8, 4) is 0 Å². The Labute approximate surface area is 137 Å². The van der Waals surface area contributed by atoms with Crippen LogP contribution in [0.15, 0.2) is 76.0 Å². The Hall–Kier alpha value is -2.86. The molecular formula is C18H12FNO3S. The van der Waals surface area contributed by atoms with E-state index in [2.05, 4.69) is 4.72 Å². The molecule has 1 heterocycles. The molecule has 1 N–H and O–H groups in total. The minimum absolute atomic E-state index is 0.00592. The van der Waals surface area contributed by atoms with Crippen molar-refractivity contribution in [1.29, 1.82) is 0 Å². The van der Waals surface area contributed by atoms with E-state index < -0.39 is 15.8 Å². The van der Waals surface area contributed by atoms with Crippen LogP contribution in [0.25, 0.3) is 21.9 Å². The number of rotatable bonds is 3. The lowest BCUT2D eigenvalue weighted by Gasteiger charge is -2.07. The second-order valence-corrected chi connectivity index (χ2v) is 7.05. The Morgan fingerprint density at radius 3 is 2.33 bits per heavy atom. The van der Waals surface area contributed by atoms with Gasteiger partial charge in [0.05, 0.1) is 10.6 Å². The second-order valence-electron chi connectivity index (χ2n) is 5.37. The molecule has 4 aromatic rings. The van der Waals surface area contributed by atoms with Crippen LogP contribution in [0.3, 0.4) is 0 Å². The molecule has 0 aliphatic heterocycles. The first-order valence-electron chi connectivity index (χ1n) is 7.23. The summed E-state index contributed by atoms with van der Waals surface area (Å²) in [6.07, 6.45) is 0. The van der Waals surface area contributed by atoms with Gasteiger partial charge in [-0.1, -0.05) is 18.2 Å². The first-order valence-corrected chi connectivity index (χ1v) is 8.71. The van der Waals surface area contributed by atoms with Gasteiger partial charge in [-0.2, -0.15) is 0 Å². The maximum Gasteiger partial charge on any atom is 0.261 e. The minimum Gasteiger partial charge on any atom is -0.456 e. The molecule has 120 valence electrons. The number of furan rings is 1. The number of anilines is 1. The van der Waals surface area contributed by atoms with Crippen molar-refractivity contribution in [2.75, 3.05) is 4.72 Å². The molecule has 0 atom stereocenters. The van der Waals surface area contributed by atoms with Gasteiger partial charge in [0, 0.05) is 16.8 Å². The van der Waals surface area contributed by atoms with E-state index in [1.54, 1.807) is 12.1 Å². The summed E-state index contributed by atoms with van der Waals surface area (Å²) in [6.45, 7) is 0. The van der Waals surface area contributed by atoms with Gasteiger partial charge < -0.3 is 4.42 Å². The Bertz CT molecular complexity index is 1150. The third-order valence-electron chi connectivity index (χ3n) is 3.75. The topological polar surface area (TPSA) is 59.3 Å². The molecule has 1 aromatic heterocycles. The first kappa shape index (κ1) is 14.7. The molecule has 0 amide bonds. The zero-order valence-electron chi connectivity index (χ0n) is 12.4. The number of fused-ring (bicyclic) bond motifs is 3. The summed E-state index contributed by atoms with van der Waals surface area (Å²) in [4.78, 5) is -0.00592. The maximum atomic E-state index is 12.9. The van der Waals surface area contributed by atoms with E-state index in [1.807, 2.05) is 30.3 Å². The molecule has 0 spiro atoms. The second kappa shape index (κ2) is 5.35. The van der Waals surface area contributed by atoms with E-state index in [1.165, 1.54) is 12.1 Å². The summed E-state index contributed by atoms with van der Waals surface area (Å²) < 4.78 is 45.9. The fourth-order valence-corrected chi connectivity index (χ4v) is 3.67. The van der Waals surface area contributed by atoms with Crippen LogP contribution in [0.2, 0.25) is 0 Å². The fourth-order valence-electron chi connectivity index (χ4n) is 2.62. The van der Waals surface area contributed by atoms with Crippen LogP contribution >= 0.6 is 0 Å². The fraction of sp³-hybridized carbons (Fsp3) is 0. The van der Waals surface area contributed by atoms with E-state index in [0.29, 0.717) is 11.3 Å². The van der Waals surface area contributed by atoms with Crippen molar-refractivity contribution in [2.24, 2.45) is 0 Å². The number of benzene rings is 3. The maximum absolute atomic E-state index is 12.9.